The van der Waals surface area contributed by atoms with Gasteiger partial charge in [-0.05, 0) is 31.6 Å². The van der Waals surface area contributed by atoms with Gasteiger partial charge < -0.3 is 4.74 Å². The Labute approximate surface area is 74.5 Å². The van der Waals surface area contributed by atoms with Crippen LogP contribution in [0.5, 0.6) is 0 Å². The van der Waals surface area contributed by atoms with Crippen LogP contribution in [0.2, 0.25) is 0 Å². The molecule has 1 saturated heterocycles. The van der Waals surface area contributed by atoms with Crippen LogP contribution in [0.1, 0.15) is 39.0 Å². The van der Waals surface area contributed by atoms with E-state index >= 15 is 0 Å². The summed E-state index contributed by atoms with van der Waals surface area (Å²) in [5.41, 5.74) is 0. The summed E-state index contributed by atoms with van der Waals surface area (Å²) in [6.45, 7) is 3.08. The molecule has 2 nitrogen and oxygen atoms in total. The molecule has 68 valence electrons. The van der Waals surface area contributed by atoms with Crippen molar-refractivity contribution >= 4 is 0 Å². The highest BCUT2D eigenvalue weighted by Gasteiger charge is 2.15. The second kappa shape index (κ2) is 5.16. The monoisotopic (exact) mass is 167 g/mol. The number of hydrogen-bond acceptors (Lipinski definition) is 2. The molecule has 1 heterocycles. The third-order valence-corrected chi connectivity index (χ3v) is 2.45. The topological polar surface area (TPSA) is 33.0 Å². The van der Waals surface area contributed by atoms with Crippen LogP contribution in [-0.4, -0.2) is 12.7 Å². The molecule has 0 aromatic heterocycles. The van der Waals surface area contributed by atoms with Crippen LogP contribution in [0, 0.1) is 17.2 Å². The SMILES string of the molecule is CC(CC#N)CCC1CCCO1. The molecule has 0 N–H and O–H groups in total. The van der Waals surface area contributed by atoms with Gasteiger partial charge >= 0.3 is 0 Å². The van der Waals surface area contributed by atoms with E-state index in [1.165, 1.54) is 12.8 Å². The summed E-state index contributed by atoms with van der Waals surface area (Å²) in [5.74, 6) is 0.541. The maximum absolute atomic E-state index is 8.45. The number of rotatable bonds is 4. The standard InChI is InChI=1S/C10H17NO/c1-9(6-7-11)4-5-10-3-2-8-12-10/h9-10H,2-6,8H2,1H3. The van der Waals surface area contributed by atoms with Crippen LogP contribution < -0.4 is 0 Å². The molecular weight excluding hydrogens is 150 g/mol. The van der Waals surface area contributed by atoms with E-state index in [1.54, 1.807) is 0 Å². The number of hydrogen-bond donors (Lipinski definition) is 0. The van der Waals surface area contributed by atoms with E-state index in [0.717, 1.165) is 19.4 Å². The second-order valence-electron chi connectivity index (χ2n) is 3.68. The zero-order valence-electron chi connectivity index (χ0n) is 7.75. The third kappa shape index (κ3) is 3.23. The Balaban J connectivity index is 2.04. The fraction of sp³-hybridized carbons (Fsp3) is 0.900. The molecule has 12 heavy (non-hydrogen) atoms. The summed E-state index contributed by atoms with van der Waals surface area (Å²) < 4.78 is 5.50. The van der Waals surface area contributed by atoms with Gasteiger partial charge in [0.25, 0.3) is 0 Å². The summed E-state index contributed by atoms with van der Waals surface area (Å²) in [6, 6.07) is 2.20. The first kappa shape index (κ1) is 9.54. The molecule has 0 aromatic carbocycles. The largest absolute Gasteiger partial charge is 0.378 e. The van der Waals surface area contributed by atoms with Gasteiger partial charge in [0.05, 0.1) is 12.2 Å². The lowest BCUT2D eigenvalue weighted by Gasteiger charge is -2.11. The summed E-state index contributed by atoms with van der Waals surface area (Å²) in [6.07, 6.45) is 5.90. The normalized spacial score (nSPS) is 25.2. The molecule has 2 unspecified atom stereocenters. The van der Waals surface area contributed by atoms with Gasteiger partial charge in [-0.15, -0.1) is 0 Å². The van der Waals surface area contributed by atoms with Gasteiger partial charge in [-0.3, -0.25) is 0 Å². The number of ether oxygens (including phenoxy) is 1. The second-order valence-corrected chi connectivity index (χ2v) is 3.68. The van der Waals surface area contributed by atoms with Crippen molar-refractivity contribution in [1.29, 1.82) is 5.26 Å². The molecule has 0 spiro atoms. The molecule has 0 bridgehead atoms. The molecule has 1 rings (SSSR count). The molecular formula is C10H17NO. The fourth-order valence-electron chi connectivity index (χ4n) is 1.60. The fourth-order valence-corrected chi connectivity index (χ4v) is 1.60. The highest BCUT2D eigenvalue weighted by molar-refractivity contribution is 4.74. The van der Waals surface area contributed by atoms with Gasteiger partial charge in [-0.25, -0.2) is 0 Å². The Bertz CT molecular complexity index is 156. The molecule has 1 aliphatic heterocycles. The molecule has 2 atom stereocenters. The molecule has 1 fully saturated rings. The minimum absolute atomic E-state index is 0.492. The minimum atomic E-state index is 0.492. The van der Waals surface area contributed by atoms with Crippen LogP contribution in [-0.2, 0) is 4.74 Å². The maximum Gasteiger partial charge on any atom is 0.0624 e. The van der Waals surface area contributed by atoms with Crippen LogP contribution in [0.4, 0.5) is 0 Å². The lowest BCUT2D eigenvalue weighted by atomic mass is 9.99. The van der Waals surface area contributed by atoms with Crippen molar-refractivity contribution in [3.05, 3.63) is 0 Å². The van der Waals surface area contributed by atoms with Crippen molar-refractivity contribution in [3.63, 3.8) is 0 Å². The van der Waals surface area contributed by atoms with Crippen LogP contribution in [0.3, 0.4) is 0 Å². The third-order valence-electron chi connectivity index (χ3n) is 2.45. The summed E-state index contributed by atoms with van der Waals surface area (Å²) in [4.78, 5) is 0. The van der Waals surface area contributed by atoms with Gasteiger partial charge in [-0.1, -0.05) is 6.92 Å². The molecule has 1 aliphatic rings. The van der Waals surface area contributed by atoms with Crippen molar-refractivity contribution in [3.8, 4) is 6.07 Å². The van der Waals surface area contributed by atoms with Crippen molar-refractivity contribution in [2.75, 3.05) is 6.61 Å². The van der Waals surface area contributed by atoms with Crippen molar-refractivity contribution in [1.82, 2.24) is 0 Å². The van der Waals surface area contributed by atoms with Gasteiger partial charge in [0.2, 0.25) is 0 Å². The Morgan fingerprint density at radius 3 is 3.08 bits per heavy atom. The predicted molar refractivity (Wildman–Crippen MR) is 47.6 cm³/mol. The molecule has 0 amide bonds. The van der Waals surface area contributed by atoms with Gasteiger partial charge in [-0.2, -0.15) is 5.26 Å². The van der Waals surface area contributed by atoms with E-state index in [0.29, 0.717) is 18.4 Å². The summed E-state index contributed by atoms with van der Waals surface area (Å²) in [5, 5.41) is 8.45. The molecule has 2 heteroatoms. The van der Waals surface area contributed by atoms with E-state index in [1.807, 2.05) is 0 Å². The van der Waals surface area contributed by atoms with Gasteiger partial charge in [0.1, 0.15) is 0 Å². The number of nitriles is 1. The zero-order chi connectivity index (χ0) is 8.81. The van der Waals surface area contributed by atoms with E-state index < -0.39 is 0 Å². The first-order valence-corrected chi connectivity index (χ1v) is 4.81. The summed E-state index contributed by atoms with van der Waals surface area (Å²) >= 11 is 0. The smallest absolute Gasteiger partial charge is 0.0624 e. The highest BCUT2D eigenvalue weighted by Crippen LogP contribution is 2.20. The quantitative estimate of drug-likeness (QED) is 0.644. The Morgan fingerprint density at radius 1 is 1.67 bits per heavy atom. The molecule has 0 saturated carbocycles. The zero-order valence-corrected chi connectivity index (χ0v) is 7.75. The van der Waals surface area contributed by atoms with E-state index in [4.69, 9.17) is 10.00 Å². The van der Waals surface area contributed by atoms with Gasteiger partial charge in [0.15, 0.2) is 0 Å². The van der Waals surface area contributed by atoms with Gasteiger partial charge in [0, 0.05) is 13.0 Å². The minimum Gasteiger partial charge on any atom is -0.378 e. The first-order valence-electron chi connectivity index (χ1n) is 4.81. The average Bonchev–Trinajstić information content (AvgIpc) is 2.53. The molecule has 0 radical (unpaired) electrons. The van der Waals surface area contributed by atoms with Crippen LogP contribution in [0.25, 0.3) is 0 Å². The van der Waals surface area contributed by atoms with Crippen molar-refractivity contribution < 1.29 is 4.74 Å². The van der Waals surface area contributed by atoms with E-state index in [-0.39, 0.29) is 0 Å². The van der Waals surface area contributed by atoms with E-state index in [2.05, 4.69) is 13.0 Å². The lowest BCUT2D eigenvalue weighted by Crippen LogP contribution is -2.06. The first-order chi connectivity index (χ1) is 5.83. The van der Waals surface area contributed by atoms with Crippen molar-refractivity contribution in [2.24, 2.45) is 5.92 Å². The maximum atomic E-state index is 8.45. The molecule has 0 aliphatic carbocycles. The number of nitrogens with zero attached hydrogens (tertiary/aromatic N) is 1. The average molecular weight is 167 g/mol. The van der Waals surface area contributed by atoms with Crippen LogP contribution >= 0.6 is 0 Å². The Morgan fingerprint density at radius 2 is 2.50 bits per heavy atom. The Kier molecular flexibility index (Phi) is 4.10. The van der Waals surface area contributed by atoms with E-state index in [9.17, 15) is 0 Å². The molecule has 0 aromatic rings. The predicted octanol–water partition coefficient (Wildman–Crippen LogP) is 2.50. The summed E-state index contributed by atoms with van der Waals surface area (Å²) in [7, 11) is 0. The lowest BCUT2D eigenvalue weighted by molar-refractivity contribution is 0.0989. The van der Waals surface area contributed by atoms with Crippen LogP contribution in [0.15, 0.2) is 0 Å². The highest BCUT2D eigenvalue weighted by atomic mass is 16.5. The van der Waals surface area contributed by atoms with Crippen molar-refractivity contribution in [2.45, 2.75) is 45.1 Å². The Hall–Kier alpha value is -0.550.